The van der Waals surface area contributed by atoms with Crippen molar-refractivity contribution in [3.8, 4) is 11.8 Å². The van der Waals surface area contributed by atoms with E-state index in [1.54, 1.807) is 0 Å². The first-order valence-corrected chi connectivity index (χ1v) is 11.3. The van der Waals surface area contributed by atoms with Gasteiger partial charge in [-0.15, -0.1) is 11.3 Å². The van der Waals surface area contributed by atoms with Gasteiger partial charge in [0.15, 0.2) is 5.78 Å². The Labute approximate surface area is 194 Å². The highest BCUT2D eigenvalue weighted by molar-refractivity contribution is 7.12. The van der Waals surface area contributed by atoms with E-state index in [-0.39, 0.29) is 34.3 Å². The maximum Gasteiger partial charge on any atom is 0.205 e. The number of carbonyl (C=O) groups is 1. The molecule has 0 saturated heterocycles. The second-order valence-corrected chi connectivity index (χ2v) is 10.5. The largest absolute Gasteiger partial charge is 0.487 e. The van der Waals surface area contributed by atoms with Crippen LogP contribution in [-0.4, -0.2) is 5.78 Å². The summed E-state index contributed by atoms with van der Waals surface area (Å²) in [5.41, 5.74) is 7.51. The zero-order valence-electron chi connectivity index (χ0n) is 17.9. The molecule has 0 amide bonds. The Morgan fingerprint density at radius 3 is 2.81 bits per heavy atom. The number of ether oxygens (including phenoxy) is 2. The highest BCUT2D eigenvalue weighted by Gasteiger charge is 2.43. The first kappa shape index (κ1) is 22.4. The lowest BCUT2D eigenvalue weighted by atomic mass is 9.71. The van der Waals surface area contributed by atoms with Crippen molar-refractivity contribution in [2.75, 3.05) is 0 Å². The fraction of sp³-hybridized carbons (Fsp3) is 0.333. The first-order valence-electron chi connectivity index (χ1n) is 10.1. The number of allylic oxidation sites excluding steroid dienone is 3. The van der Waals surface area contributed by atoms with Crippen LogP contribution in [0.4, 0.5) is 4.39 Å². The van der Waals surface area contributed by atoms with Gasteiger partial charge in [-0.3, -0.25) is 4.79 Å². The molecule has 5 nitrogen and oxygen atoms in total. The Morgan fingerprint density at radius 2 is 2.12 bits per heavy atom. The van der Waals surface area contributed by atoms with E-state index in [1.165, 1.54) is 29.5 Å². The summed E-state index contributed by atoms with van der Waals surface area (Å²) in [6, 6.07) is 8.03. The van der Waals surface area contributed by atoms with Crippen LogP contribution in [0.15, 0.2) is 47.1 Å². The molecular formula is C24H22ClFN2O3S. The highest BCUT2D eigenvalue weighted by atomic mass is 35.5. The van der Waals surface area contributed by atoms with Crippen molar-refractivity contribution in [2.45, 2.75) is 46.1 Å². The van der Waals surface area contributed by atoms with Crippen LogP contribution < -0.4 is 10.5 Å². The van der Waals surface area contributed by atoms with Gasteiger partial charge in [0.05, 0.1) is 10.9 Å². The lowest BCUT2D eigenvalue weighted by Crippen LogP contribution is -2.33. The number of benzene rings is 1. The third kappa shape index (κ3) is 4.13. The third-order valence-electron chi connectivity index (χ3n) is 5.68. The molecule has 0 saturated carbocycles. The number of rotatable bonds is 4. The van der Waals surface area contributed by atoms with E-state index in [9.17, 15) is 14.4 Å². The summed E-state index contributed by atoms with van der Waals surface area (Å²) >= 11 is 7.54. The van der Waals surface area contributed by atoms with E-state index in [0.29, 0.717) is 29.9 Å². The van der Waals surface area contributed by atoms with Crippen LogP contribution >= 0.6 is 22.9 Å². The van der Waals surface area contributed by atoms with Crippen LogP contribution in [0.2, 0.25) is 5.02 Å². The summed E-state index contributed by atoms with van der Waals surface area (Å²) < 4.78 is 24.8. The highest BCUT2D eigenvalue weighted by Crippen LogP contribution is 2.49. The van der Waals surface area contributed by atoms with Gasteiger partial charge in [0.2, 0.25) is 5.88 Å². The molecule has 0 bridgehead atoms. The minimum atomic E-state index is -0.556. The van der Waals surface area contributed by atoms with E-state index in [0.717, 1.165) is 15.3 Å². The van der Waals surface area contributed by atoms with Crippen LogP contribution in [-0.2, 0) is 16.1 Å². The van der Waals surface area contributed by atoms with E-state index in [2.05, 4.69) is 6.07 Å². The number of nitrogens with two attached hydrogens (primary N) is 1. The van der Waals surface area contributed by atoms with Crippen LogP contribution in [0.1, 0.15) is 47.9 Å². The van der Waals surface area contributed by atoms with Crippen molar-refractivity contribution < 1.29 is 18.7 Å². The summed E-state index contributed by atoms with van der Waals surface area (Å²) in [5.74, 6) is -0.0439. The normalized spacial score (nSPS) is 20.0. The average Bonchev–Trinajstić information content (AvgIpc) is 3.05. The van der Waals surface area contributed by atoms with Crippen LogP contribution in [0, 0.1) is 29.5 Å². The van der Waals surface area contributed by atoms with Gasteiger partial charge in [-0.2, -0.15) is 5.26 Å². The quantitative estimate of drug-likeness (QED) is 0.600. The van der Waals surface area contributed by atoms with E-state index < -0.39 is 11.7 Å². The summed E-state index contributed by atoms with van der Waals surface area (Å²) in [7, 11) is 0. The lowest BCUT2D eigenvalue weighted by molar-refractivity contribution is -0.119. The maximum atomic E-state index is 13.3. The zero-order valence-corrected chi connectivity index (χ0v) is 19.5. The van der Waals surface area contributed by atoms with Gasteiger partial charge < -0.3 is 15.2 Å². The molecule has 1 aromatic carbocycles. The number of nitriles is 1. The number of thiophene rings is 1. The number of hydrogen-bond acceptors (Lipinski definition) is 6. The van der Waals surface area contributed by atoms with Gasteiger partial charge in [0, 0.05) is 33.7 Å². The first-order chi connectivity index (χ1) is 15.1. The Hall–Kier alpha value is -2.82. The fourth-order valence-electron chi connectivity index (χ4n) is 4.15. The minimum Gasteiger partial charge on any atom is -0.487 e. The summed E-state index contributed by atoms with van der Waals surface area (Å²) in [6.07, 6.45) is 0.959. The van der Waals surface area contributed by atoms with Crippen molar-refractivity contribution in [1.82, 2.24) is 0 Å². The summed E-state index contributed by atoms with van der Waals surface area (Å²) in [5, 5.41) is 9.98. The third-order valence-corrected chi connectivity index (χ3v) is 7.13. The molecule has 2 aromatic rings. The molecule has 1 aliphatic heterocycles. The number of aryl methyl sites for hydroxylation is 1. The predicted molar refractivity (Wildman–Crippen MR) is 120 cm³/mol. The standard InChI is InChI=1S/C24H22ClFN2O3S/c1-12-13(11-30-18-5-4-14(26)7-16(18)25)6-20(32-12)21-15(10-27)23(28)31-19-9-24(2,3)8-17(29)22(19)21/h4-7,21H,8-9,11,28H2,1-3H3/t21-/m0/s1. The second-order valence-electron chi connectivity index (χ2n) is 8.80. The van der Waals surface area contributed by atoms with Gasteiger partial charge in [-0.1, -0.05) is 25.4 Å². The van der Waals surface area contributed by atoms with E-state index in [1.807, 2.05) is 26.8 Å². The molecule has 0 spiro atoms. The molecule has 1 aliphatic carbocycles. The Morgan fingerprint density at radius 1 is 1.38 bits per heavy atom. The predicted octanol–water partition coefficient (Wildman–Crippen LogP) is 5.88. The average molecular weight is 473 g/mol. The van der Waals surface area contributed by atoms with Crippen LogP contribution in [0.25, 0.3) is 0 Å². The monoisotopic (exact) mass is 472 g/mol. The zero-order chi connectivity index (χ0) is 23.2. The molecule has 1 atom stereocenters. The molecule has 1 aromatic heterocycles. The maximum absolute atomic E-state index is 13.3. The molecule has 2 aliphatic rings. The number of ketones is 1. The van der Waals surface area contributed by atoms with Crippen LogP contribution in [0.5, 0.6) is 5.75 Å². The van der Waals surface area contributed by atoms with Gasteiger partial charge in [-0.05, 0) is 36.6 Å². The lowest BCUT2D eigenvalue weighted by Gasteiger charge is -2.36. The van der Waals surface area contributed by atoms with Gasteiger partial charge in [0.25, 0.3) is 0 Å². The van der Waals surface area contributed by atoms with Crippen molar-refractivity contribution >= 4 is 28.7 Å². The smallest absolute Gasteiger partial charge is 0.205 e. The molecule has 2 N–H and O–H groups in total. The number of Topliss-reactive ketones (excluding diaryl/α,β-unsaturated/α-hetero) is 1. The second kappa shape index (κ2) is 8.27. The molecular weight excluding hydrogens is 451 g/mol. The molecule has 0 unspecified atom stereocenters. The van der Waals surface area contributed by atoms with Crippen molar-refractivity contribution in [3.05, 3.63) is 73.2 Å². The molecule has 32 heavy (non-hydrogen) atoms. The minimum absolute atomic E-state index is 0.0246. The molecule has 0 radical (unpaired) electrons. The SMILES string of the molecule is Cc1sc([C@@H]2C(C#N)=C(N)OC3=C2C(=O)CC(C)(C)C3)cc1COc1ccc(F)cc1Cl. The summed E-state index contributed by atoms with van der Waals surface area (Å²) in [6.45, 7) is 6.18. The topological polar surface area (TPSA) is 85.3 Å². The van der Waals surface area contributed by atoms with Crippen molar-refractivity contribution in [2.24, 2.45) is 11.1 Å². The van der Waals surface area contributed by atoms with Crippen LogP contribution in [0.3, 0.4) is 0 Å². The molecule has 2 heterocycles. The summed E-state index contributed by atoms with van der Waals surface area (Å²) in [4.78, 5) is 14.9. The van der Waals surface area contributed by atoms with Crippen molar-refractivity contribution in [3.63, 3.8) is 0 Å². The number of carbonyl (C=O) groups excluding carboxylic acids is 1. The molecule has 8 heteroatoms. The number of hydrogen-bond donors (Lipinski definition) is 1. The van der Waals surface area contributed by atoms with Crippen molar-refractivity contribution in [1.29, 1.82) is 5.26 Å². The number of halogens is 2. The van der Waals surface area contributed by atoms with Gasteiger partial charge in [-0.25, -0.2) is 4.39 Å². The Balaban J connectivity index is 1.68. The van der Waals surface area contributed by atoms with Gasteiger partial charge >= 0.3 is 0 Å². The molecule has 0 fully saturated rings. The van der Waals surface area contributed by atoms with Gasteiger partial charge in [0.1, 0.15) is 35.6 Å². The van der Waals surface area contributed by atoms with E-state index >= 15 is 0 Å². The molecule has 4 rings (SSSR count). The number of nitrogens with zero attached hydrogens (tertiary/aromatic N) is 1. The Kier molecular flexibility index (Phi) is 5.78. The van der Waals surface area contributed by atoms with E-state index in [4.69, 9.17) is 26.8 Å². The Bertz CT molecular complexity index is 1220. The fourth-order valence-corrected chi connectivity index (χ4v) is 5.53. The molecule has 166 valence electrons.